The summed E-state index contributed by atoms with van der Waals surface area (Å²) in [6, 6.07) is 0. The Morgan fingerprint density at radius 1 is 0.840 bits per heavy atom. The second-order valence-electron chi connectivity index (χ2n) is 6.22. The molecule has 0 atom stereocenters. The predicted octanol–water partition coefficient (Wildman–Crippen LogP) is 5.37. The quantitative estimate of drug-likeness (QED) is 0.155. The van der Waals surface area contributed by atoms with Crippen LogP contribution in [0.15, 0.2) is 12.2 Å². The average Bonchev–Trinajstić information content (AvgIpc) is 2.49. The van der Waals surface area contributed by atoms with Gasteiger partial charge in [-0.2, -0.15) is 8.42 Å². The Morgan fingerprint density at radius 2 is 1.28 bits per heavy atom. The maximum Gasteiger partial charge on any atom is 0.448 e. The average molecular weight is 428 g/mol. The van der Waals surface area contributed by atoms with E-state index in [1.54, 1.807) is 0 Å². The van der Waals surface area contributed by atoms with Gasteiger partial charge in [-0.15, -0.1) is 0 Å². The molecule has 0 saturated carbocycles. The topological polar surface area (TPSA) is 80.7 Å². The second kappa shape index (κ2) is 18.5. The van der Waals surface area contributed by atoms with Gasteiger partial charge in [0, 0.05) is 25.9 Å². The summed E-state index contributed by atoms with van der Waals surface area (Å²) in [5.41, 5.74) is 0. The zero-order chi connectivity index (χ0) is 18.1. The first-order chi connectivity index (χ1) is 11.5. The predicted molar refractivity (Wildman–Crippen MR) is 97.1 cm³/mol. The molecule has 144 valence electrons. The van der Waals surface area contributed by atoms with Gasteiger partial charge in [0.05, 0.1) is 0 Å². The van der Waals surface area contributed by atoms with Gasteiger partial charge >= 0.3 is 16.4 Å². The molecule has 0 unspecified atom stereocenters. The summed E-state index contributed by atoms with van der Waals surface area (Å²) in [7, 11) is -4.65. The van der Waals surface area contributed by atoms with Crippen molar-refractivity contribution in [3.05, 3.63) is 12.2 Å². The van der Waals surface area contributed by atoms with Crippen LogP contribution in [0.4, 0.5) is 0 Å². The number of carbonyl (C=O) groups excluding carboxylic acids is 1. The normalized spacial score (nSPS) is 11.4. The molecule has 0 saturated heterocycles. The van der Waals surface area contributed by atoms with E-state index < -0.39 is 16.4 Å². The van der Waals surface area contributed by atoms with Crippen LogP contribution in [0.5, 0.6) is 0 Å². The molecule has 25 heavy (non-hydrogen) atoms. The van der Waals surface area contributed by atoms with E-state index in [-0.39, 0.29) is 25.9 Å². The van der Waals surface area contributed by atoms with Gasteiger partial charge in [-0.25, -0.2) is 0 Å². The van der Waals surface area contributed by atoms with Gasteiger partial charge in [-0.1, -0.05) is 70.4 Å². The zero-order valence-corrected chi connectivity index (χ0v) is 19.5. The van der Waals surface area contributed by atoms with Crippen molar-refractivity contribution in [2.45, 2.75) is 96.8 Å². The molecule has 0 radical (unpaired) electrons. The number of unbranched alkanes of at least 4 members (excludes halogenated alkanes) is 11. The number of hydrogen-bond acceptors (Lipinski definition) is 4. The fourth-order valence-electron chi connectivity index (χ4n) is 2.50. The first kappa shape index (κ1) is 27.0. The van der Waals surface area contributed by atoms with E-state index in [1.165, 1.54) is 44.9 Å². The SMILES string of the molecule is CCCCCCCC/C=C\CCCCCCCC(=O)OS(=O)(=O)O.[Zn]. The van der Waals surface area contributed by atoms with Crippen molar-refractivity contribution in [3.8, 4) is 0 Å². The molecule has 0 aromatic rings. The van der Waals surface area contributed by atoms with Crippen LogP contribution in [0.2, 0.25) is 0 Å². The van der Waals surface area contributed by atoms with Gasteiger partial charge in [0.15, 0.2) is 0 Å². The van der Waals surface area contributed by atoms with E-state index in [4.69, 9.17) is 4.55 Å². The summed E-state index contributed by atoms with van der Waals surface area (Å²) < 4.78 is 32.8. The Balaban J connectivity index is 0. The minimum absolute atomic E-state index is 0. The molecule has 0 aliphatic carbocycles. The first-order valence-corrected chi connectivity index (χ1v) is 10.7. The molecule has 7 heteroatoms. The van der Waals surface area contributed by atoms with Crippen LogP contribution in [-0.4, -0.2) is 18.9 Å². The standard InChI is InChI=1S/C18H34O5S.Zn/c1-2-3-4-5-6-7-8-9-10-11-12-13-14-15-16-17-18(19)23-24(20,21)22;/h9-10H,2-8,11-17H2,1H3,(H,20,21,22);/b10-9-;. The number of allylic oxidation sites excluding steroid dienone is 2. The smallest absolute Gasteiger partial charge is 0.325 e. The molecule has 0 aliphatic heterocycles. The van der Waals surface area contributed by atoms with Crippen LogP contribution in [-0.2, 0) is 38.9 Å². The van der Waals surface area contributed by atoms with Crippen LogP contribution >= 0.6 is 0 Å². The fourth-order valence-corrected chi connectivity index (χ4v) is 2.82. The van der Waals surface area contributed by atoms with E-state index in [0.717, 1.165) is 32.1 Å². The Hall–Kier alpha value is -0.257. The molecule has 0 aliphatic rings. The zero-order valence-electron chi connectivity index (χ0n) is 15.7. The molecule has 0 aromatic carbocycles. The molecule has 0 heterocycles. The minimum atomic E-state index is -4.65. The maximum absolute atomic E-state index is 11.0. The third-order valence-electron chi connectivity index (χ3n) is 3.84. The van der Waals surface area contributed by atoms with E-state index in [0.29, 0.717) is 6.42 Å². The molecule has 0 rings (SSSR count). The fraction of sp³-hybridized carbons (Fsp3) is 0.833. The van der Waals surface area contributed by atoms with Crippen molar-refractivity contribution in [2.75, 3.05) is 0 Å². The molecular weight excluding hydrogens is 394 g/mol. The number of rotatable bonds is 16. The Morgan fingerprint density at radius 3 is 1.76 bits per heavy atom. The van der Waals surface area contributed by atoms with Gasteiger partial charge in [0.2, 0.25) is 0 Å². The van der Waals surface area contributed by atoms with E-state index in [1.807, 2.05) is 0 Å². The van der Waals surface area contributed by atoms with Crippen LogP contribution < -0.4 is 0 Å². The number of carbonyl (C=O) groups is 1. The third kappa shape index (κ3) is 23.7. The number of hydrogen-bond donors (Lipinski definition) is 1. The summed E-state index contributed by atoms with van der Waals surface area (Å²) in [6.45, 7) is 2.24. The van der Waals surface area contributed by atoms with E-state index in [2.05, 4.69) is 23.3 Å². The Kier molecular flexibility index (Phi) is 20.0. The Labute approximate surface area is 166 Å². The minimum Gasteiger partial charge on any atom is -0.325 e. The molecule has 0 spiro atoms. The molecule has 0 amide bonds. The summed E-state index contributed by atoms with van der Waals surface area (Å²) >= 11 is 0. The van der Waals surface area contributed by atoms with Gasteiger partial charge < -0.3 is 4.18 Å². The largest absolute Gasteiger partial charge is 0.448 e. The van der Waals surface area contributed by atoms with Gasteiger partial charge in [0.25, 0.3) is 0 Å². The van der Waals surface area contributed by atoms with Crippen LogP contribution in [0, 0.1) is 0 Å². The monoisotopic (exact) mass is 426 g/mol. The van der Waals surface area contributed by atoms with Gasteiger partial charge in [-0.05, 0) is 32.1 Å². The molecule has 0 fully saturated rings. The molecule has 5 nitrogen and oxygen atoms in total. The van der Waals surface area contributed by atoms with Crippen molar-refractivity contribution < 1.29 is 41.4 Å². The summed E-state index contributed by atoms with van der Waals surface area (Å²) in [5, 5.41) is 0. The van der Waals surface area contributed by atoms with Crippen LogP contribution in [0.1, 0.15) is 96.8 Å². The summed E-state index contributed by atoms with van der Waals surface area (Å²) in [4.78, 5) is 11.0. The van der Waals surface area contributed by atoms with Crippen LogP contribution in [0.25, 0.3) is 0 Å². The second-order valence-corrected chi connectivity index (χ2v) is 7.24. The Bertz CT molecular complexity index is 435. The molecule has 0 bridgehead atoms. The van der Waals surface area contributed by atoms with E-state index in [9.17, 15) is 13.2 Å². The van der Waals surface area contributed by atoms with Crippen molar-refractivity contribution in [1.82, 2.24) is 0 Å². The third-order valence-corrected chi connectivity index (χ3v) is 4.24. The first-order valence-electron chi connectivity index (χ1n) is 9.30. The van der Waals surface area contributed by atoms with Crippen molar-refractivity contribution in [1.29, 1.82) is 0 Å². The van der Waals surface area contributed by atoms with Gasteiger partial charge in [0.1, 0.15) is 0 Å². The van der Waals surface area contributed by atoms with Crippen molar-refractivity contribution >= 4 is 16.4 Å². The van der Waals surface area contributed by atoms with Gasteiger partial charge in [-0.3, -0.25) is 9.35 Å². The molecule has 0 aromatic heterocycles. The van der Waals surface area contributed by atoms with Crippen molar-refractivity contribution in [3.63, 3.8) is 0 Å². The summed E-state index contributed by atoms with van der Waals surface area (Å²) in [5.74, 6) is -0.893. The van der Waals surface area contributed by atoms with Crippen molar-refractivity contribution in [2.24, 2.45) is 0 Å². The van der Waals surface area contributed by atoms with Crippen LogP contribution in [0.3, 0.4) is 0 Å². The maximum atomic E-state index is 11.0. The van der Waals surface area contributed by atoms with E-state index >= 15 is 0 Å². The molecule has 1 N–H and O–H groups in total. The summed E-state index contributed by atoms with van der Waals surface area (Å²) in [6.07, 6.45) is 19.6. The molecular formula is C18H34O5SZn.